The van der Waals surface area contributed by atoms with E-state index in [-0.39, 0.29) is 0 Å². The summed E-state index contributed by atoms with van der Waals surface area (Å²) in [5, 5.41) is 3.49. The van der Waals surface area contributed by atoms with E-state index in [0.717, 1.165) is 25.7 Å². The van der Waals surface area contributed by atoms with Crippen LogP contribution in [-0.2, 0) is 4.74 Å². The van der Waals surface area contributed by atoms with E-state index in [1.807, 2.05) is 0 Å². The Morgan fingerprint density at radius 1 is 1.27 bits per heavy atom. The molecule has 1 aliphatic rings. The average molecular weight is 213 g/mol. The van der Waals surface area contributed by atoms with Gasteiger partial charge in [-0.2, -0.15) is 0 Å². The van der Waals surface area contributed by atoms with Crippen LogP contribution < -0.4 is 5.32 Å². The maximum atomic E-state index is 5.55. The highest BCUT2D eigenvalue weighted by atomic mass is 16.5. The smallest absolute Gasteiger partial charge is 0.0590 e. The van der Waals surface area contributed by atoms with Crippen molar-refractivity contribution in [3.63, 3.8) is 0 Å². The van der Waals surface area contributed by atoms with Gasteiger partial charge in [0.2, 0.25) is 0 Å². The molecule has 0 spiro atoms. The summed E-state index contributed by atoms with van der Waals surface area (Å²) in [6.45, 7) is 10.8. The van der Waals surface area contributed by atoms with Gasteiger partial charge < -0.3 is 10.1 Å². The third kappa shape index (κ3) is 5.53. The molecule has 0 radical (unpaired) electrons. The van der Waals surface area contributed by atoms with Crippen LogP contribution in [0.3, 0.4) is 0 Å². The fraction of sp³-hybridized carbons (Fsp3) is 1.00. The maximum absolute atomic E-state index is 5.55. The molecular formula is C13H27NO. The topological polar surface area (TPSA) is 21.3 Å². The second-order valence-corrected chi connectivity index (χ2v) is 5.64. The monoisotopic (exact) mass is 213 g/mol. The number of nitrogens with one attached hydrogen (secondary N) is 1. The SMILES string of the molecule is CC(C)CCOCCNCC1(C)CCC1. The lowest BCUT2D eigenvalue weighted by Gasteiger charge is -2.38. The molecule has 1 saturated carbocycles. The summed E-state index contributed by atoms with van der Waals surface area (Å²) in [6.07, 6.45) is 5.39. The third-order valence-corrected chi connectivity index (χ3v) is 3.38. The first-order chi connectivity index (χ1) is 7.12. The van der Waals surface area contributed by atoms with Crippen molar-refractivity contribution in [2.24, 2.45) is 11.3 Å². The Balaban J connectivity index is 1.81. The Kier molecular flexibility index (Phi) is 5.62. The van der Waals surface area contributed by atoms with Crippen molar-refractivity contribution in [3.8, 4) is 0 Å². The van der Waals surface area contributed by atoms with Gasteiger partial charge in [0.15, 0.2) is 0 Å². The number of ether oxygens (including phenoxy) is 1. The molecule has 15 heavy (non-hydrogen) atoms. The molecule has 0 unspecified atom stereocenters. The van der Waals surface area contributed by atoms with Crippen molar-refractivity contribution in [2.75, 3.05) is 26.3 Å². The van der Waals surface area contributed by atoms with Gasteiger partial charge in [-0.3, -0.25) is 0 Å². The Labute approximate surface area is 94.8 Å². The highest BCUT2D eigenvalue weighted by Crippen LogP contribution is 2.39. The first kappa shape index (κ1) is 13.0. The van der Waals surface area contributed by atoms with Gasteiger partial charge in [-0.25, -0.2) is 0 Å². The zero-order chi connectivity index (χ0) is 11.1. The molecule has 0 aromatic heterocycles. The maximum Gasteiger partial charge on any atom is 0.0590 e. The van der Waals surface area contributed by atoms with E-state index in [2.05, 4.69) is 26.1 Å². The number of hydrogen-bond donors (Lipinski definition) is 1. The first-order valence-electron chi connectivity index (χ1n) is 6.41. The minimum Gasteiger partial charge on any atom is -0.380 e. The Hall–Kier alpha value is -0.0800. The minimum absolute atomic E-state index is 0.595. The van der Waals surface area contributed by atoms with Gasteiger partial charge in [-0.05, 0) is 30.6 Å². The summed E-state index contributed by atoms with van der Waals surface area (Å²) in [6, 6.07) is 0. The standard InChI is InChI=1S/C13H27NO/c1-12(2)5-9-15-10-8-14-11-13(3)6-4-7-13/h12,14H,4-11H2,1-3H3. The van der Waals surface area contributed by atoms with Crippen LogP contribution in [0.1, 0.15) is 46.5 Å². The summed E-state index contributed by atoms with van der Waals surface area (Å²) in [4.78, 5) is 0. The highest BCUT2D eigenvalue weighted by molar-refractivity contribution is 4.84. The lowest BCUT2D eigenvalue weighted by atomic mass is 9.70. The zero-order valence-electron chi connectivity index (χ0n) is 10.6. The van der Waals surface area contributed by atoms with Crippen LogP contribution in [0.15, 0.2) is 0 Å². The molecule has 90 valence electrons. The second-order valence-electron chi connectivity index (χ2n) is 5.64. The molecule has 0 heterocycles. The highest BCUT2D eigenvalue weighted by Gasteiger charge is 2.30. The molecule has 0 aromatic rings. The van der Waals surface area contributed by atoms with Crippen LogP contribution in [0.25, 0.3) is 0 Å². The summed E-state index contributed by atoms with van der Waals surface area (Å²) in [5.41, 5.74) is 0.595. The normalized spacial score (nSPS) is 19.2. The van der Waals surface area contributed by atoms with Gasteiger partial charge in [-0.15, -0.1) is 0 Å². The first-order valence-corrected chi connectivity index (χ1v) is 6.41. The Morgan fingerprint density at radius 3 is 2.53 bits per heavy atom. The molecular weight excluding hydrogens is 186 g/mol. The van der Waals surface area contributed by atoms with Crippen molar-refractivity contribution < 1.29 is 4.74 Å². The van der Waals surface area contributed by atoms with Gasteiger partial charge in [0.1, 0.15) is 0 Å². The molecule has 0 aliphatic heterocycles. The quantitative estimate of drug-likeness (QED) is 0.626. The van der Waals surface area contributed by atoms with Crippen molar-refractivity contribution in [2.45, 2.75) is 46.5 Å². The molecule has 0 atom stereocenters. The number of rotatable bonds is 8. The lowest BCUT2D eigenvalue weighted by Crippen LogP contribution is -2.38. The molecule has 1 aliphatic carbocycles. The molecule has 1 N–H and O–H groups in total. The van der Waals surface area contributed by atoms with E-state index in [0.29, 0.717) is 5.41 Å². The van der Waals surface area contributed by atoms with Gasteiger partial charge in [0.05, 0.1) is 6.61 Å². The van der Waals surface area contributed by atoms with Crippen LogP contribution in [0, 0.1) is 11.3 Å². The van der Waals surface area contributed by atoms with E-state index in [4.69, 9.17) is 4.74 Å². The average Bonchev–Trinajstić information content (AvgIpc) is 2.13. The molecule has 0 amide bonds. The fourth-order valence-electron chi connectivity index (χ4n) is 1.91. The van der Waals surface area contributed by atoms with Gasteiger partial charge in [-0.1, -0.05) is 27.2 Å². The Bertz CT molecular complexity index is 164. The van der Waals surface area contributed by atoms with Crippen LogP contribution in [0.4, 0.5) is 0 Å². The summed E-state index contributed by atoms with van der Waals surface area (Å²) in [7, 11) is 0. The summed E-state index contributed by atoms with van der Waals surface area (Å²) < 4.78 is 5.55. The third-order valence-electron chi connectivity index (χ3n) is 3.38. The molecule has 1 fully saturated rings. The van der Waals surface area contributed by atoms with Crippen molar-refractivity contribution in [1.82, 2.24) is 5.32 Å². The zero-order valence-corrected chi connectivity index (χ0v) is 10.6. The summed E-state index contributed by atoms with van der Waals surface area (Å²) in [5.74, 6) is 0.756. The van der Waals surface area contributed by atoms with Crippen LogP contribution in [0.2, 0.25) is 0 Å². The summed E-state index contributed by atoms with van der Waals surface area (Å²) >= 11 is 0. The molecule has 1 rings (SSSR count). The molecule has 2 nitrogen and oxygen atoms in total. The van der Waals surface area contributed by atoms with E-state index in [1.54, 1.807) is 0 Å². The van der Waals surface area contributed by atoms with Crippen molar-refractivity contribution >= 4 is 0 Å². The van der Waals surface area contributed by atoms with E-state index >= 15 is 0 Å². The van der Waals surface area contributed by atoms with Gasteiger partial charge >= 0.3 is 0 Å². The lowest BCUT2D eigenvalue weighted by molar-refractivity contribution is 0.114. The van der Waals surface area contributed by atoms with E-state index in [1.165, 1.54) is 32.2 Å². The van der Waals surface area contributed by atoms with Crippen LogP contribution in [-0.4, -0.2) is 26.3 Å². The van der Waals surface area contributed by atoms with Crippen LogP contribution in [0.5, 0.6) is 0 Å². The van der Waals surface area contributed by atoms with Gasteiger partial charge in [0.25, 0.3) is 0 Å². The predicted molar refractivity (Wildman–Crippen MR) is 65.1 cm³/mol. The minimum atomic E-state index is 0.595. The van der Waals surface area contributed by atoms with Crippen molar-refractivity contribution in [3.05, 3.63) is 0 Å². The van der Waals surface area contributed by atoms with Gasteiger partial charge in [0, 0.05) is 19.7 Å². The fourth-order valence-corrected chi connectivity index (χ4v) is 1.91. The number of hydrogen-bond acceptors (Lipinski definition) is 2. The second kappa shape index (κ2) is 6.49. The molecule has 0 aromatic carbocycles. The van der Waals surface area contributed by atoms with E-state index in [9.17, 15) is 0 Å². The largest absolute Gasteiger partial charge is 0.380 e. The predicted octanol–water partition coefficient (Wildman–Crippen LogP) is 2.83. The molecule has 0 saturated heterocycles. The molecule has 2 heteroatoms. The Morgan fingerprint density at radius 2 is 2.00 bits per heavy atom. The van der Waals surface area contributed by atoms with E-state index < -0.39 is 0 Å². The molecule has 0 bridgehead atoms. The van der Waals surface area contributed by atoms with Crippen LogP contribution >= 0.6 is 0 Å². The van der Waals surface area contributed by atoms with Crippen molar-refractivity contribution in [1.29, 1.82) is 0 Å².